The van der Waals surface area contributed by atoms with Gasteiger partial charge in [0.1, 0.15) is 5.75 Å². The van der Waals surface area contributed by atoms with Crippen LogP contribution in [0, 0.1) is 0 Å². The third-order valence-electron chi connectivity index (χ3n) is 3.34. The first-order chi connectivity index (χ1) is 10.4. The van der Waals surface area contributed by atoms with E-state index in [1.165, 1.54) is 15.3 Å². The second-order valence-corrected chi connectivity index (χ2v) is 6.62. The predicted molar refractivity (Wildman–Crippen MR) is 90.3 cm³/mol. The number of benzene rings is 1. The van der Waals surface area contributed by atoms with E-state index in [1.54, 1.807) is 29.8 Å². The van der Waals surface area contributed by atoms with Gasteiger partial charge in [-0.25, -0.2) is 0 Å². The van der Waals surface area contributed by atoms with Crippen LogP contribution < -0.4 is 10.1 Å². The van der Waals surface area contributed by atoms with Crippen molar-refractivity contribution in [2.45, 2.75) is 12.6 Å². The van der Waals surface area contributed by atoms with Crippen molar-refractivity contribution in [1.82, 2.24) is 5.32 Å². The maximum absolute atomic E-state index is 5.42. The summed E-state index contributed by atoms with van der Waals surface area (Å²) in [5.74, 6) is 0.932. The van der Waals surface area contributed by atoms with E-state index >= 15 is 0 Å². The van der Waals surface area contributed by atoms with E-state index in [0.717, 1.165) is 12.3 Å². The quantitative estimate of drug-likeness (QED) is 0.712. The fourth-order valence-electron chi connectivity index (χ4n) is 2.31. The van der Waals surface area contributed by atoms with Gasteiger partial charge in [0.05, 0.1) is 13.2 Å². The normalized spacial score (nSPS) is 11.0. The van der Waals surface area contributed by atoms with Gasteiger partial charge in [-0.1, -0.05) is 30.3 Å². The fourth-order valence-corrected chi connectivity index (χ4v) is 4.02. The van der Waals surface area contributed by atoms with Crippen LogP contribution >= 0.6 is 22.7 Å². The van der Waals surface area contributed by atoms with Crippen LogP contribution in [0.3, 0.4) is 0 Å². The third-order valence-corrected chi connectivity index (χ3v) is 5.22. The molecule has 2 heterocycles. The Morgan fingerprint density at radius 1 is 0.952 bits per heavy atom. The highest BCUT2D eigenvalue weighted by Gasteiger charge is 2.16. The average molecular weight is 315 g/mol. The van der Waals surface area contributed by atoms with Gasteiger partial charge in [0, 0.05) is 21.9 Å². The van der Waals surface area contributed by atoms with Gasteiger partial charge in [0.2, 0.25) is 0 Å². The molecule has 0 saturated carbocycles. The zero-order chi connectivity index (χ0) is 14.5. The average Bonchev–Trinajstić information content (AvgIpc) is 3.22. The highest BCUT2D eigenvalue weighted by atomic mass is 32.1. The molecule has 0 saturated heterocycles. The van der Waals surface area contributed by atoms with Crippen LogP contribution in [0.4, 0.5) is 0 Å². The number of hydrogen-bond acceptors (Lipinski definition) is 4. The predicted octanol–water partition coefficient (Wildman–Crippen LogP) is 4.70. The lowest BCUT2D eigenvalue weighted by atomic mass is 10.1. The number of thiophene rings is 2. The van der Waals surface area contributed by atoms with E-state index in [-0.39, 0.29) is 6.04 Å². The van der Waals surface area contributed by atoms with Crippen LogP contribution in [0.5, 0.6) is 5.75 Å². The van der Waals surface area contributed by atoms with Crippen molar-refractivity contribution >= 4 is 22.7 Å². The Morgan fingerprint density at radius 3 is 2.19 bits per heavy atom. The maximum Gasteiger partial charge on any atom is 0.123 e. The molecule has 0 aliphatic heterocycles. The summed E-state index contributed by atoms with van der Waals surface area (Å²) in [6, 6.07) is 17.0. The van der Waals surface area contributed by atoms with E-state index in [1.807, 2.05) is 18.2 Å². The fraction of sp³-hybridized carbons (Fsp3) is 0.176. The highest BCUT2D eigenvalue weighted by molar-refractivity contribution is 7.11. The molecule has 0 radical (unpaired) electrons. The van der Waals surface area contributed by atoms with Gasteiger partial charge < -0.3 is 10.1 Å². The Bertz CT molecular complexity index is 628. The molecule has 0 aliphatic rings. The molecule has 0 fully saturated rings. The Hall–Kier alpha value is -1.62. The molecular weight excluding hydrogens is 298 g/mol. The molecule has 2 nitrogen and oxygen atoms in total. The Morgan fingerprint density at radius 2 is 1.62 bits per heavy atom. The SMILES string of the molecule is COc1ccccc1CNC(c1cccs1)c1cccs1. The summed E-state index contributed by atoms with van der Waals surface area (Å²) in [4.78, 5) is 2.68. The second-order valence-electron chi connectivity index (χ2n) is 4.66. The van der Waals surface area contributed by atoms with Crippen molar-refractivity contribution in [3.8, 4) is 5.75 Å². The number of para-hydroxylation sites is 1. The number of rotatable bonds is 6. The number of nitrogens with one attached hydrogen (secondary N) is 1. The molecule has 0 unspecified atom stereocenters. The van der Waals surface area contributed by atoms with Crippen molar-refractivity contribution in [2.24, 2.45) is 0 Å². The van der Waals surface area contributed by atoms with Gasteiger partial charge in [0.15, 0.2) is 0 Å². The van der Waals surface area contributed by atoms with Gasteiger partial charge >= 0.3 is 0 Å². The summed E-state index contributed by atoms with van der Waals surface area (Å²) < 4.78 is 5.42. The molecule has 0 aliphatic carbocycles. The molecule has 1 aromatic carbocycles. The van der Waals surface area contributed by atoms with Crippen molar-refractivity contribution in [3.05, 3.63) is 74.6 Å². The van der Waals surface area contributed by atoms with E-state index in [2.05, 4.69) is 46.4 Å². The molecule has 3 aromatic rings. The van der Waals surface area contributed by atoms with Crippen molar-refractivity contribution in [2.75, 3.05) is 7.11 Å². The lowest BCUT2D eigenvalue weighted by Gasteiger charge is -2.17. The summed E-state index contributed by atoms with van der Waals surface area (Å²) in [6.45, 7) is 0.782. The topological polar surface area (TPSA) is 21.3 Å². The summed E-state index contributed by atoms with van der Waals surface area (Å²) in [7, 11) is 1.72. The van der Waals surface area contributed by atoms with Crippen LogP contribution in [0.2, 0.25) is 0 Å². The Balaban J connectivity index is 1.80. The molecule has 0 bridgehead atoms. The van der Waals surface area contributed by atoms with Crippen LogP contribution in [0.1, 0.15) is 21.4 Å². The summed E-state index contributed by atoms with van der Waals surface area (Å²) >= 11 is 3.57. The summed E-state index contributed by atoms with van der Waals surface area (Å²) in [6.07, 6.45) is 0. The van der Waals surface area contributed by atoms with Crippen LogP contribution in [0.25, 0.3) is 0 Å². The van der Waals surface area contributed by atoms with E-state index < -0.39 is 0 Å². The monoisotopic (exact) mass is 315 g/mol. The van der Waals surface area contributed by atoms with Gasteiger partial charge in [-0.05, 0) is 29.0 Å². The molecule has 108 valence electrons. The first-order valence-corrected chi connectivity index (χ1v) is 8.56. The van der Waals surface area contributed by atoms with Gasteiger partial charge in [-0.3, -0.25) is 0 Å². The number of hydrogen-bond donors (Lipinski definition) is 1. The van der Waals surface area contributed by atoms with E-state index in [0.29, 0.717) is 0 Å². The van der Waals surface area contributed by atoms with Gasteiger partial charge in [-0.15, -0.1) is 22.7 Å². The molecule has 21 heavy (non-hydrogen) atoms. The molecule has 1 N–H and O–H groups in total. The van der Waals surface area contributed by atoms with Crippen LogP contribution in [0.15, 0.2) is 59.3 Å². The summed E-state index contributed by atoms with van der Waals surface area (Å²) in [5, 5.41) is 7.91. The largest absolute Gasteiger partial charge is 0.496 e. The first-order valence-electron chi connectivity index (χ1n) is 6.80. The maximum atomic E-state index is 5.42. The minimum absolute atomic E-state index is 0.245. The minimum Gasteiger partial charge on any atom is -0.496 e. The van der Waals surface area contributed by atoms with Crippen LogP contribution in [-0.2, 0) is 6.54 Å². The van der Waals surface area contributed by atoms with Gasteiger partial charge in [-0.2, -0.15) is 0 Å². The number of ether oxygens (including phenoxy) is 1. The van der Waals surface area contributed by atoms with E-state index in [4.69, 9.17) is 4.74 Å². The molecular formula is C17H17NOS2. The molecule has 0 spiro atoms. The molecule has 3 rings (SSSR count). The lowest BCUT2D eigenvalue weighted by Crippen LogP contribution is -2.20. The van der Waals surface area contributed by atoms with E-state index in [9.17, 15) is 0 Å². The molecule has 0 amide bonds. The molecule has 2 aromatic heterocycles. The third kappa shape index (κ3) is 3.35. The Labute approximate surface area is 133 Å². The second kappa shape index (κ2) is 6.89. The Kier molecular flexibility index (Phi) is 4.70. The smallest absolute Gasteiger partial charge is 0.123 e. The molecule has 4 heteroatoms. The summed E-state index contributed by atoms with van der Waals surface area (Å²) in [5.41, 5.74) is 1.18. The van der Waals surface area contributed by atoms with Crippen molar-refractivity contribution < 1.29 is 4.74 Å². The minimum atomic E-state index is 0.245. The highest BCUT2D eigenvalue weighted by Crippen LogP contribution is 2.30. The molecule has 0 atom stereocenters. The van der Waals surface area contributed by atoms with Crippen LogP contribution in [-0.4, -0.2) is 7.11 Å². The first kappa shape index (κ1) is 14.3. The van der Waals surface area contributed by atoms with Gasteiger partial charge in [0.25, 0.3) is 0 Å². The van der Waals surface area contributed by atoms with Crippen molar-refractivity contribution in [1.29, 1.82) is 0 Å². The standard InChI is InChI=1S/C17H17NOS2/c1-19-14-7-3-2-6-13(14)12-18-17(15-8-4-10-20-15)16-9-5-11-21-16/h2-11,17-18H,12H2,1H3. The zero-order valence-corrected chi connectivity index (χ0v) is 13.4. The van der Waals surface area contributed by atoms with Crippen molar-refractivity contribution in [3.63, 3.8) is 0 Å². The lowest BCUT2D eigenvalue weighted by molar-refractivity contribution is 0.407. The zero-order valence-electron chi connectivity index (χ0n) is 11.8. The number of methoxy groups -OCH3 is 1.